The zero-order chi connectivity index (χ0) is 12.8. The third-order valence-electron chi connectivity index (χ3n) is 0.962. The van der Waals surface area contributed by atoms with E-state index in [2.05, 4.69) is 20.1 Å². The Bertz CT molecular complexity index is 176. The van der Waals surface area contributed by atoms with Gasteiger partial charge in [-0.15, -0.1) is 6.61 Å². The van der Waals surface area contributed by atoms with Crippen molar-refractivity contribution in [2.24, 2.45) is 0 Å². The van der Waals surface area contributed by atoms with E-state index in [1.165, 1.54) is 14.1 Å². The summed E-state index contributed by atoms with van der Waals surface area (Å²) in [7, 11) is 2.88. The van der Waals surface area contributed by atoms with E-state index < -0.39 is 12.2 Å². The smallest absolute Gasteiger partial charge is 0.404 e. The van der Waals surface area contributed by atoms with Gasteiger partial charge in [0.2, 0.25) is 0 Å². The van der Waals surface area contributed by atoms with E-state index in [1.54, 1.807) is 0 Å². The molecule has 0 aliphatic carbocycles. The van der Waals surface area contributed by atoms with Gasteiger partial charge in [-0.3, -0.25) is 0 Å². The van der Waals surface area contributed by atoms with Crippen molar-refractivity contribution in [3.63, 3.8) is 0 Å². The van der Waals surface area contributed by atoms with Crippen molar-refractivity contribution in [2.45, 2.75) is 0 Å². The van der Waals surface area contributed by atoms with Gasteiger partial charge in [0.1, 0.15) is 0 Å². The van der Waals surface area contributed by atoms with E-state index in [0.717, 1.165) is 13.2 Å². The zero-order valence-corrected chi connectivity index (χ0v) is 15.9. The number of hydrogen-bond acceptors (Lipinski definition) is 6. The Kier molecular flexibility index (Phi) is 34.3. The summed E-state index contributed by atoms with van der Waals surface area (Å²) in [6.45, 7) is 1.43. The standard InChI is InChI=1S/2C4H8NO3.2Y/c2*1-5-4(7)8-3-2-6;;/h3,6H,2H2,1H3,(H,5,7);2,6H,3H2,1H3,(H,5,7);;/q2*-1;;. The van der Waals surface area contributed by atoms with Crippen LogP contribution >= 0.6 is 0 Å². The molecule has 2 amide bonds. The quantitative estimate of drug-likeness (QED) is 0.456. The number of rotatable bonds is 4. The largest absolute Gasteiger partial charge is 0.619 e. The summed E-state index contributed by atoms with van der Waals surface area (Å²) in [5.74, 6) is 0. The molecule has 0 aromatic heterocycles. The second-order valence-electron chi connectivity index (χ2n) is 2.04. The molecule has 0 rings (SSSR count). The van der Waals surface area contributed by atoms with Gasteiger partial charge in [-0.25, -0.2) is 9.59 Å². The molecule has 0 saturated heterocycles. The SMILES string of the molecule is CNC(=O)OC[CH-]O.CNC(=O)O[CH-]CO.[Y].[Y]. The van der Waals surface area contributed by atoms with Crippen molar-refractivity contribution in [1.29, 1.82) is 0 Å². The molecular formula is C8H16N2O6Y2-2. The number of hydrogen-bond donors (Lipinski definition) is 4. The molecule has 10 heteroatoms. The maximum Gasteiger partial charge on any atom is 0.404 e. The first-order valence-electron chi connectivity index (χ1n) is 4.23. The molecule has 0 fully saturated rings. The maximum absolute atomic E-state index is 10.1. The van der Waals surface area contributed by atoms with Gasteiger partial charge in [-0.1, -0.05) is 0 Å². The topological polar surface area (TPSA) is 117 Å². The normalized spacial score (nSPS) is 7.33. The van der Waals surface area contributed by atoms with Gasteiger partial charge in [0.05, 0.1) is 0 Å². The first-order chi connectivity index (χ1) is 7.62. The average Bonchev–Trinajstić information content (AvgIpc) is 2.33. The molecule has 0 aromatic carbocycles. The molecule has 0 aliphatic rings. The van der Waals surface area contributed by atoms with Crippen LogP contribution in [0.4, 0.5) is 9.59 Å². The molecule has 8 nitrogen and oxygen atoms in total. The average molecular weight is 414 g/mol. The summed E-state index contributed by atoms with van der Waals surface area (Å²) < 4.78 is 8.50. The fourth-order valence-corrected chi connectivity index (χ4v) is 0.357. The summed E-state index contributed by atoms with van der Waals surface area (Å²) in [6.07, 6.45) is -1.12. The Morgan fingerprint density at radius 1 is 1.17 bits per heavy atom. The fraction of sp³-hybridized carbons (Fsp3) is 0.500. The van der Waals surface area contributed by atoms with Crippen LogP contribution in [0.1, 0.15) is 0 Å². The molecule has 0 atom stereocenters. The molecule has 0 saturated carbocycles. The Balaban J connectivity index is -0.0000000980. The summed E-state index contributed by atoms with van der Waals surface area (Å²) in [4.78, 5) is 20.2. The number of carbonyl (C=O) groups excluding carboxylic acids is 2. The van der Waals surface area contributed by atoms with Gasteiger partial charge in [0.25, 0.3) is 0 Å². The van der Waals surface area contributed by atoms with E-state index in [-0.39, 0.29) is 78.6 Å². The van der Waals surface area contributed by atoms with Crippen LogP contribution in [0.5, 0.6) is 0 Å². The van der Waals surface area contributed by atoms with E-state index in [9.17, 15) is 9.59 Å². The van der Waals surface area contributed by atoms with Gasteiger partial charge in [0.15, 0.2) is 0 Å². The number of alkyl carbamates (subject to hydrolysis) is 2. The minimum atomic E-state index is -0.570. The molecule has 0 bridgehead atoms. The van der Waals surface area contributed by atoms with Crippen LogP contribution < -0.4 is 10.6 Å². The van der Waals surface area contributed by atoms with Crippen LogP contribution in [0.3, 0.4) is 0 Å². The summed E-state index contributed by atoms with van der Waals surface area (Å²) in [6, 6.07) is 0. The van der Waals surface area contributed by atoms with Crippen LogP contribution in [0.15, 0.2) is 0 Å². The van der Waals surface area contributed by atoms with E-state index in [1.807, 2.05) is 0 Å². The predicted octanol–water partition coefficient (Wildman–Crippen LogP) is -0.632. The van der Waals surface area contributed by atoms with Gasteiger partial charge in [-0.2, -0.15) is 6.61 Å². The maximum atomic E-state index is 10.1. The summed E-state index contributed by atoms with van der Waals surface area (Å²) in [5, 5.41) is 20.4. The Morgan fingerprint density at radius 2 is 1.67 bits per heavy atom. The van der Waals surface area contributed by atoms with Gasteiger partial charge < -0.3 is 30.3 Å². The van der Waals surface area contributed by atoms with Crippen molar-refractivity contribution in [3.05, 3.63) is 13.2 Å². The molecule has 0 heterocycles. The van der Waals surface area contributed by atoms with Crippen molar-refractivity contribution >= 4 is 12.2 Å². The molecule has 102 valence electrons. The van der Waals surface area contributed by atoms with E-state index in [0.29, 0.717) is 0 Å². The van der Waals surface area contributed by atoms with Crippen molar-refractivity contribution < 1.29 is 94.7 Å². The molecule has 2 radical (unpaired) electrons. The van der Waals surface area contributed by atoms with Crippen LogP contribution in [0.2, 0.25) is 0 Å². The van der Waals surface area contributed by atoms with Gasteiger partial charge in [0, 0.05) is 79.5 Å². The summed E-state index contributed by atoms with van der Waals surface area (Å²) in [5.41, 5.74) is 0. The first-order valence-corrected chi connectivity index (χ1v) is 4.23. The van der Waals surface area contributed by atoms with Crippen molar-refractivity contribution in [1.82, 2.24) is 10.6 Å². The minimum absolute atomic E-state index is 0. The number of ether oxygens (including phenoxy) is 2. The van der Waals surface area contributed by atoms with Gasteiger partial charge >= 0.3 is 12.2 Å². The molecular weight excluding hydrogens is 398 g/mol. The second kappa shape index (κ2) is 22.8. The van der Waals surface area contributed by atoms with Crippen molar-refractivity contribution in [2.75, 3.05) is 27.3 Å². The minimum Gasteiger partial charge on any atom is -0.619 e. The number of nitrogens with one attached hydrogen (secondary N) is 2. The number of carbonyl (C=O) groups is 2. The van der Waals surface area contributed by atoms with Crippen LogP contribution in [-0.2, 0) is 74.9 Å². The Hall–Kier alpha value is 0.668. The second-order valence-corrected chi connectivity index (χ2v) is 2.04. The van der Waals surface area contributed by atoms with Crippen LogP contribution in [-0.4, -0.2) is 49.7 Å². The molecule has 4 N–H and O–H groups in total. The van der Waals surface area contributed by atoms with E-state index in [4.69, 9.17) is 10.2 Å². The van der Waals surface area contributed by atoms with Crippen LogP contribution in [0, 0.1) is 13.2 Å². The zero-order valence-electron chi connectivity index (χ0n) is 10.3. The Morgan fingerprint density at radius 3 is 2.00 bits per heavy atom. The Labute approximate surface area is 156 Å². The van der Waals surface area contributed by atoms with Crippen molar-refractivity contribution in [3.8, 4) is 0 Å². The monoisotopic (exact) mass is 414 g/mol. The van der Waals surface area contributed by atoms with Crippen LogP contribution in [0.25, 0.3) is 0 Å². The molecule has 18 heavy (non-hydrogen) atoms. The molecule has 0 spiro atoms. The molecule has 0 aromatic rings. The number of aliphatic hydroxyl groups excluding tert-OH is 2. The molecule has 0 unspecified atom stereocenters. The van der Waals surface area contributed by atoms with Gasteiger partial charge in [-0.05, 0) is 13.2 Å². The molecule has 0 aliphatic heterocycles. The fourth-order valence-electron chi connectivity index (χ4n) is 0.357. The summed E-state index contributed by atoms with van der Waals surface area (Å²) >= 11 is 0. The first kappa shape index (κ1) is 27.1. The number of aliphatic hydroxyl groups is 2. The number of amides is 2. The third-order valence-corrected chi connectivity index (χ3v) is 0.962. The van der Waals surface area contributed by atoms with E-state index >= 15 is 0 Å². The predicted molar refractivity (Wildman–Crippen MR) is 53.6 cm³/mol. The third kappa shape index (κ3) is 25.5.